The maximum atomic E-state index is 5.54. The van der Waals surface area contributed by atoms with Crippen LogP contribution in [0.15, 0.2) is 23.7 Å². The lowest BCUT2D eigenvalue weighted by atomic mass is 9.88. The van der Waals surface area contributed by atoms with Gasteiger partial charge >= 0.3 is 0 Å². The lowest BCUT2D eigenvalue weighted by Gasteiger charge is -2.18. The molecule has 1 atom stereocenters. The van der Waals surface area contributed by atoms with E-state index < -0.39 is 0 Å². The van der Waals surface area contributed by atoms with Crippen LogP contribution in [0.2, 0.25) is 0 Å². The molecule has 1 heterocycles. The Hall–Kier alpha value is -0.920. The summed E-state index contributed by atoms with van der Waals surface area (Å²) in [6.45, 7) is 6.39. The van der Waals surface area contributed by atoms with E-state index in [1.54, 1.807) is 0 Å². The normalized spacial score (nSPS) is 30.5. The van der Waals surface area contributed by atoms with Crippen molar-refractivity contribution in [3.8, 4) is 0 Å². The monoisotopic (exact) mass is 180 g/mol. The minimum atomic E-state index is -0.101. The fourth-order valence-corrected chi connectivity index (χ4v) is 1.66. The van der Waals surface area contributed by atoms with Gasteiger partial charge in [-0.3, -0.25) is 0 Å². The minimum Gasteiger partial charge on any atom is -0.456 e. The van der Waals surface area contributed by atoms with Crippen molar-refractivity contribution in [1.29, 1.82) is 0 Å². The van der Waals surface area contributed by atoms with E-state index in [1.807, 2.05) is 13.0 Å². The van der Waals surface area contributed by atoms with Crippen molar-refractivity contribution in [1.82, 2.24) is 0 Å². The second kappa shape index (κ2) is 2.79. The van der Waals surface area contributed by atoms with Crippen molar-refractivity contribution >= 4 is 0 Å². The number of hydrogen-bond donors (Lipinski definition) is 0. The molecule has 0 N–H and O–H groups in total. The van der Waals surface area contributed by atoms with Crippen molar-refractivity contribution in [2.24, 2.45) is 5.41 Å². The standard InChI is InChI=1S/C11H16O2/c1-8-12-9-4-6-11(2,3)7-5-10(9)13-8/h4,6,8H,5,7H2,1-3H3. The number of hydrogen-bond acceptors (Lipinski definition) is 2. The Balaban J connectivity index is 2.19. The molecule has 0 fully saturated rings. The van der Waals surface area contributed by atoms with Crippen LogP contribution in [-0.4, -0.2) is 6.29 Å². The van der Waals surface area contributed by atoms with E-state index in [9.17, 15) is 0 Å². The second-order valence-electron chi connectivity index (χ2n) is 4.41. The molecule has 2 nitrogen and oxygen atoms in total. The van der Waals surface area contributed by atoms with Crippen LogP contribution in [0, 0.1) is 5.41 Å². The van der Waals surface area contributed by atoms with Crippen molar-refractivity contribution in [2.45, 2.75) is 39.9 Å². The highest BCUT2D eigenvalue weighted by Crippen LogP contribution is 2.35. The zero-order valence-corrected chi connectivity index (χ0v) is 8.46. The van der Waals surface area contributed by atoms with Gasteiger partial charge in [0.2, 0.25) is 6.29 Å². The highest BCUT2D eigenvalue weighted by Gasteiger charge is 2.27. The zero-order valence-electron chi connectivity index (χ0n) is 8.46. The highest BCUT2D eigenvalue weighted by molar-refractivity contribution is 5.23. The second-order valence-corrected chi connectivity index (χ2v) is 4.41. The average Bonchev–Trinajstić information content (AvgIpc) is 2.34. The van der Waals surface area contributed by atoms with E-state index in [2.05, 4.69) is 19.9 Å². The van der Waals surface area contributed by atoms with Gasteiger partial charge in [-0.2, -0.15) is 0 Å². The van der Waals surface area contributed by atoms with Gasteiger partial charge in [0, 0.05) is 13.3 Å². The first kappa shape index (κ1) is 8.67. The molecule has 0 aromatic rings. The van der Waals surface area contributed by atoms with Crippen LogP contribution in [0.1, 0.15) is 33.6 Å². The lowest BCUT2D eigenvalue weighted by Crippen LogP contribution is -2.08. The third-order valence-electron chi connectivity index (χ3n) is 2.56. The van der Waals surface area contributed by atoms with E-state index in [-0.39, 0.29) is 11.7 Å². The van der Waals surface area contributed by atoms with Crippen molar-refractivity contribution < 1.29 is 9.47 Å². The van der Waals surface area contributed by atoms with E-state index in [0.717, 1.165) is 24.4 Å². The van der Waals surface area contributed by atoms with Crippen LogP contribution in [0.4, 0.5) is 0 Å². The van der Waals surface area contributed by atoms with Gasteiger partial charge < -0.3 is 9.47 Å². The predicted octanol–water partition coefficient (Wildman–Crippen LogP) is 2.97. The van der Waals surface area contributed by atoms with Crippen LogP contribution < -0.4 is 0 Å². The van der Waals surface area contributed by atoms with E-state index in [1.165, 1.54) is 0 Å². The maximum Gasteiger partial charge on any atom is 0.238 e. The van der Waals surface area contributed by atoms with Crippen molar-refractivity contribution in [2.75, 3.05) is 0 Å². The van der Waals surface area contributed by atoms with Gasteiger partial charge in [-0.15, -0.1) is 0 Å². The molecule has 0 amide bonds. The lowest BCUT2D eigenvalue weighted by molar-refractivity contribution is -0.0232. The topological polar surface area (TPSA) is 18.5 Å². The Morgan fingerprint density at radius 2 is 2.15 bits per heavy atom. The maximum absolute atomic E-state index is 5.54. The number of ether oxygens (including phenoxy) is 2. The molecule has 0 saturated carbocycles. The largest absolute Gasteiger partial charge is 0.456 e. The number of rotatable bonds is 0. The minimum absolute atomic E-state index is 0.101. The summed E-state index contributed by atoms with van der Waals surface area (Å²) in [5.74, 6) is 1.95. The van der Waals surface area contributed by atoms with E-state index in [4.69, 9.17) is 9.47 Å². The van der Waals surface area contributed by atoms with Crippen molar-refractivity contribution in [3.05, 3.63) is 23.7 Å². The van der Waals surface area contributed by atoms with Crippen LogP contribution in [-0.2, 0) is 9.47 Å². The molecule has 0 radical (unpaired) electrons. The Kier molecular flexibility index (Phi) is 1.86. The van der Waals surface area contributed by atoms with Crippen molar-refractivity contribution in [3.63, 3.8) is 0 Å². The molecule has 1 unspecified atom stereocenters. The van der Waals surface area contributed by atoms with Gasteiger partial charge in [-0.25, -0.2) is 0 Å². The fraction of sp³-hybridized carbons (Fsp3) is 0.636. The van der Waals surface area contributed by atoms with Gasteiger partial charge in [0.15, 0.2) is 5.76 Å². The molecule has 72 valence electrons. The fourth-order valence-electron chi connectivity index (χ4n) is 1.66. The predicted molar refractivity (Wildman–Crippen MR) is 50.8 cm³/mol. The van der Waals surface area contributed by atoms with Crippen LogP contribution in [0.25, 0.3) is 0 Å². The Labute approximate surface area is 79.2 Å². The van der Waals surface area contributed by atoms with E-state index in [0.29, 0.717) is 0 Å². The quantitative estimate of drug-likeness (QED) is 0.570. The van der Waals surface area contributed by atoms with Crippen LogP contribution in [0.5, 0.6) is 0 Å². The molecule has 2 heteroatoms. The molecule has 0 bridgehead atoms. The average molecular weight is 180 g/mol. The summed E-state index contributed by atoms with van der Waals surface area (Å²) in [7, 11) is 0. The van der Waals surface area contributed by atoms with Crippen LogP contribution in [0.3, 0.4) is 0 Å². The van der Waals surface area contributed by atoms with Gasteiger partial charge in [0.1, 0.15) is 5.76 Å². The molecule has 1 aliphatic carbocycles. The van der Waals surface area contributed by atoms with E-state index >= 15 is 0 Å². The van der Waals surface area contributed by atoms with Gasteiger partial charge in [-0.05, 0) is 17.9 Å². The number of allylic oxidation sites excluding steroid dienone is 3. The molecule has 2 aliphatic rings. The smallest absolute Gasteiger partial charge is 0.238 e. The summed E-state index contributed by atoms with van der Waals surface area (Å²) in [4.78, 5) is 0. The van der Waals surface area contributed by atoms with Gasteiger partial charge in [-0.1, -0.05) is 19.9 Å². The third-order valence-corrected chi connectivity index (χ3v) is 2.56. The molecule has 0 saturated heterocycles. The molecule has 13 heavy (non-hydrogen) atoms. The first-order chi connectivity index (χ1) is 6.07. The highest BCUT2D eigenvalue weighted by atomic mass is 16.7. The summed E-state index contributed by atoms with van der Waals surface area (Å²) in [6, 6.07) is 0. The molecule has 0 aromatic heterocycles. The Bertz CT molecular complexity index is 274. The molecule has 2 rings (SSSR count). The molecule has 1 aliphatic heterocycles. The summed E-state index contributed by atoms with van der Waals surface area (Å²) in [5, 5.41) is 0. The molecular weight excluding hydrogens is 164 g/mol. The Morgan fingerprint density at radius 1 is 1.38 bits per heavy atom. The molecule has 0 aromatic carbocycles. The summed E-state index contributed by atoms with van der Waals surface area (Å²) in [5.41, 5.74) is 0.264. The molecular formula is C11H16O2. The van der Waals surface area contributed by atoms with Crippen LogP contribution >= 0.6 is 0 Å². The third kappa shape index (κ3) is 1.71. The Morgan fingerprint density at radius 3 is 2.92 bits per heavy atom. The molecule has 0 spiro atoms. The summed E-state index contributed by atoms with van der Waals surface area (Å²) >= 11 is 0. The van der Waals surface area contributed by atoms with Gasteiger partial charge in [0.05, 0.1) is 0 Å². The summed E-state index contributed by atoms with van der Waals surface area (Å²) < 4.78 is 11.1. The first-order valence-electron chi connectivity index (χ1n) is 4.82. The van der Waals surface area contributed by atoms with Gasteiger partial charge in [0.25, 0.3) is 0 Å². The first-order valence-corrected chi connectivity index (χ1v) is 4.82. The zero-order chi connectivity index (χ0) is 9.47. The summed E-state index contributed by atoms with van der Waals surface area (Å²) in [6.07, 6.45) is 6.26. The SMILES string of the molecule is CC1OC2=C(CCC(C)(C)C=C2)O1.